The quantitative estimate of drug-likeness (QED) is 0.353. The van der Waals surface area contributed by atoms with E-state index in [1.165, 1.54) is 39.7 Å². The lowest BCUT2D eigenvalue weighted by Gasteiger charge is -2.07. The van der Waals surface area contributed by atoms with E-state index in [0.29, 0.717) is 0 Å². The summed E-state index contributed by atoms with van der Waals surface area (Å²) in [6.07, 6.45) is 2.11. The van der Waals surface area contributed by atoms with Gasteiger partial charge >= 0.3 is 0 Å². The monoisotopic (exact) mass is 367 g/mol. The molecule has 136 valence electrons. The number of para-hydroxylation sites is 2. The standard InChI is InChI=1S/C25H20FN2/c1-17-7-3-5-9-23(17)28-24-10-6-4-8-21(24)22-15-19(16-27(2)25(22)28)18-11-13-20(26)14-12-18/h3-16H,1-2H3/q+1. The van der Waals surface area contributed by atoms with Crippen molar-refractivity contribution >= 4 is 21.9 Å². The number of aryl methyl sites for hydroxylation is 2. The largest absolute Gasteiger partial charge is 0.294 e. The third-order valence-electron chi connectivity index (χ3n) is 5.39. The van der Waals surface area contributed by atoms with Crippen molar-refractivity contribution in [3.8, 4) is 16.8 Å². The number of fused-ring (bicyclic) bond motifs is 3. The molecule has 0 fully saturated rings. The number of hydrogen-bond acceptors (Lipinski definition) is 0. The van der Waals surface area contributed by atoms with Gasteiger partial charge in [-0.2, -0.15) is 4.57 Å². The zero-order valence-corrected chi connectivity index (χ0v) is 15.9. The molecule has 0 saturated carbocycles. The van der Waals surface area contributed by atoms with Crippen molar-refractivity contribution < 1.29 is 8.96 Å². The van der Waals surface area contributed by atoms with E-state index in [2.05, 4.69) is 83.9 Å². The molecular formula is C25H20FN2+. The summed E-state index contributed by atoms with van der Waals surface area (Å²) in [6.45, 7) is 2.14. The lowest BCUT2D eigenvalue weighted by molar-refractivity contribution is -0.646. The third-order valence-corrected chi connectivity index (χ3v) is 5.39. The molecule has 0 aliphatic rings. The van der Waals surface area contributed by atoms with Gasteiger partial charge in [-0.25, -0.2) is 8.96 Å². The molecular weight excluding hydrogens is 347 g/mol. The molecule has 3 aromatic carbocycles. The van der Waals surface area contributed by atoms with Crippen LogP contribution < -0.4 is 4.57 Å². The Bertz CT molecular complexity index is 1330. The molecule has 3 heteroatoms. The minimum absolute atomic E-state index is 0.217. The lowest BCUT2D eigenvalue weighted by Crippen LogP contribution is -2.30. The average molecular weight is 367 g/mol. The van der Waals surface area contributed by atoms with Crippen LogP contribution in [0.25, 0.3) is 38.8 Å². The van der Waals surface area contributed by atoms with Crippen LogP contribution in [0.5, 0.6) is 0 Å². The van der Waals surface area contributed by atoms with Gasteiger partial charge in [0.2, 0.25) is 0 Å². The normalized spacial score (nSPS) is 11.4. The van der Waals surface area contributed by atoms with Crippen LogP contribution in [0.15, 0.2) is 85.1 Å². The molecule has 2 nitrogen and oxygen atoms in total. The summed E-state index contributed by atoms with van der Waals surface area (Å²) in [5, 5.41) is 2.39. The van der Waals surface area contributed by atoms with E-state index in [1.807, 2.05) is 12.1 Å². The van der Waals surface area contributed by atoms with Gasteiger partial charge in [-0.3, -0.25) is 0 Å². The number of hydrogen-bond donors (Lipinski definition) is 0. The maximum atomic E-state index is 13.4. The summed E-state index contributed by atoms with van der Waals surface area (Å²) in [6, 6.07) is 25.8. The minimum Gasteiger partial charge on any atom is -0.235 e. The van der Waals surface area contributed by atoms with Crippen molar-refractivity contribution in [2.24, 2.45) is 7.05 Å². The van der Waals surface area contributed by atoms with Gasteiger partial charge in [0.25, 0.3) is 5.65 Å². The average Bonchev–Trinajstić information content (AvgIpc) is 3.04. The summed E-state index contributed by atoms with van der Waals surface area (Å²) in [7, 11) is 2.07. The molecule has 5 rings (SSSR count). The molecule has 0 saturated heterocycles. The molecule has 0 amide bonds. The maximum Gasteiger partial charge on any atom is 0.294 e. The first kappa shape index (κ1) is 16.7. The van der Waals surface area contributed by atoms with E-state index in [4.69, 9.17) is 0 Å². The summed E-state index contributed by atoms with van der Waals surface area (Å²) in [5.41, 5.74) is 6.81. The number of benzene rings is 3. The highest BCUT2D eigenvalue weighted by Crippen LogP contribution is 2.33. The van der Waals surface area contributed by atoms with Gasteiger partial charge in [0, 0.05) is 10.9 Å². The molecule has 0 radical (unpaired) electrons. The molecule has 0 aliphatic heterocycles. The highest BCUT2D eigenvalue weighted by Gasteiger charge is 2.23. The smallest absolute Gasteiger partial charge is 0.235 e. The van der Waals surface area contributed by atoms with Crippen LogP contribution in [0.3, 0.4) is 0 Å². The Morgan fingerprint density at radius 3 is 2.29 bits per heavy atom. The lowest BCUT2D eigenvalue weighted by atomic mass is 10.1. The van der Waals surface area contributed by atoms with Gasteiger partial charge in [-0.15, -0.1) is 0 Å². The van der Waals surface area contributed by atoms with E-state index < -0.39 is 0 Å². The predicted molar refractivity (Wildman–Crippen MR) is 112 cm³/mol. The summed E-state index contributed by atoms with van der Waals surface area (Å²) < 4.78 is 17.9. The van der Waals surface area contributed by atoms with Crippen LogP contribution in [0.1, 0.15) is 5.56 Å². The molecule has 0 unspecified atom stereocenters. The Labute approximate surface area is 163 Å². The van der Waals surface area contributed by atoms with Crippen molar-refractivity contribution in [3.05, 3.63) is 96.4 Å². The van der Waals surface area contributed by atoms with E-state index in [9.17, 15) is 4.39 Å². The van der Waals surface area contributed by atoms with Crippen LogP contribution in [-0.2, 0) is 7.05 Å². The maximum absolute atomic E-state index is 13.4. The molecule has 0 atom stereocenters. The number of nitrogens with zero attached hydrogens (tertiary/aromatic N) is 2. The second-order valence-electron chi connectivity index (χ2n) is 7.22. The molecule has 0 aliphatic carbocycles. The van der Waals surface area contributed by atoms with E-state index >= 15 is 0 Å². The van der Waals surface area contributed by atoms with Gasteiger partial charge in [-0.05, 0) is 54.4 Å². The SMILES string of the molecule is Cc1ccccc1-n1c2ccccc2c2cc(-c3ccc(F)cc3)c[n+](C)c21. The first-order valence-electron chi connectivity index (χ1n) is 9.38. The Hall–Kier alpha value is -3.46. The summed E-state index contributed by atoms with van der Waals surface area (Å²) in [5.74, 6) is -0.217. The fourth-order valence-electron chi connectivity index (χ4n) is 4.06. The highest BCUT2D eigenvalue weighted by atomic mass is 19.1. The third kappa shape index (κ3) is 2.51. The van der Waals surface area contributed by atoms with Crippen LogP contribution in [-0.4, -0.2) is 4.57 Å². The first-order valence-corrected chi connectivity index (χ1v) is 9.38. The highest BCUT2D eigenvalue weighted by molar-refractivity contribution is 6.07. The Morgan fingerprint density at radius 1 is 0.786 bits per heavy atom. The predicted octanol–water partition coefficient (Wildman–Crippen LogP) is 5.72. The Kier molecular flexibility index (Phi) is 3.76. The zero-order chi connectivity index (χ0) is 19.3. The molecule has 2 aromatic heterocycles. The van der Waals surface area contributed by atoms with E-state index in [0.717, 1.165) is 16.8 Å². The van der Waals surface area contributed by atoms with Crippen LogP contribution >= 0.6 is 0 Å². The van der Waals surface area contributed by atoms with Crippen molar-refractivity contribution in [2.45, 2.75) is 6.92 Å². The molecule has 2 heterocycles. The van der Waals surface area contributed by atoms with Crippen LogP contribution in [0, 0.1) is 12.7 Å². The van der Waals surface area contributed by atoms with Crippen molar-refractivity contribution in [3.63, 3.8) is 0 Å². The molecule has 5 aromatic rings. The van der Waals surface area contributed by atoms with Gasteiger partial charge in [-0.1, -0.05) is 42.5 Å². The topological polar surface area (TPSA) is 8.81 Å². The molecule has 0 spiro atoms. The second kappa shape index (κ2) is 6.31. The van der Waals surface area contributed by atoms with E-state index in [-0.39, 0.29) is 5.82 Å². The number of pyridine rings is 1. The second-order valence-corrected chi connectivity index (χ2v) is 7.22. The van der Waals surface area contributed by atoms with Crippen LogP contribution in [0.2, 0.25) is 0 Å². The van der Waals surface area contributed by atoms with E-state index in [1.54, 1.807) is 0 Å². The van der Waals surface area contributed by atoms with Gasteiger partial charge in [0.05, 0.1) is 18.6 Å². The number of rotatable bonds is 2. The van der Waals surface area contributed by atoms with Crippen LogP contribution in [0.4, 0.5) is 4.39 Å². The minimum atomic E-state index is -0.217. The fourth-order valence-corrected chi connectivity index (χ4v) is 4.06. The van der Waals surface area contributed by atoms with Gasteiger partial charge < -0.3 is 0 Å². The Morgan fingerprint density at radius 2 is 1.50 bits per heavy atom. The van der Waals surface area contributed by atoms with Crippen molar-refractivity contribution in [2.75, 3.05) is 0 Å². The van der Waals surface area contributed by atoms with Gasteiger partial charge in [0.1, 0.15) is 17.0 Å². The van der Waals surface area contributed by atoms with Crippen molar-refractivity contribution in [1.82, 2.24) is 4.57 Å². The van der Waals surface area contributed by atoms with Gasteiger partial charge in [0.15, 0.2) is 0 Å². The number of halogens is 1. The fraction of sp³-hybridized carbons (Fsp3) is 0.0800. The summed E-state index contributed by atoms with van der Waals surface area (Å²) in [4.78, 5) is 0. The first-order chi connectivity index (χ1) is 13.6. The Balaban J connectivity index is 1.89. The molecule has 28 heavy (non-hydrogen) atoms. The molecule has 0 bridgehead atoms. The van der Waals surface area contributed by atoms with Crippen molar-refractivity contribution in [1.29, 1.82) is 0 Å². The summed E-state index contributed by atoms with van der Waals surface area (Å²) >= 11 is 0. The zero-order valence-electron chi connectivity index (χ0n) is 15.9. The number of aromatic nitrogens is 2. The molecule has 0 N–H and O–H groups in total.